The molecule has 0 unspecified atom stereocenters. The molecule has 3 rings (SSSR count). The second-order valence-electron chi connectivity index (χ2n) is 6.37. The van der Waals surface area contributed by atoms with Crippen LogP contribution in [0.4, 0.5) is 0 Å². The van der Waals surface area contributed by atoms with Crippen molar-refractivity contribution < 1.29 is 0 Å². The molecule has 0 fully saturated rings. The largest absolute Gasteiger partial charge is 0.323 e. The molecule has 3 aromatic heterocycles. The lowest BCUT2D eigenvalue weighted by atomic mass is 10.2. The maximum absolute atomic E-state index is 12.2. The number of aryl methyl sites for hydroxylation is 1. The molecular formula is C18H22N4OS. The van der Waals surface area contributed by atoms with Gasteiger partial charge in [-0.05, 0) is 31.9 Å². The van der Waals surface area contributed by atoms with Crippen molar-refractivity contribution in [2.24, 2.45) is 5.92 Å². The van der Waals surface area contributed by atoms with Crippen LogP contribution in [-0.4, -0.2) is 18.9 Å². The molecule has 0 bridgehead atoms. The summed E-state index contributed by atoms with van der Waals surface area (Å²) in [6.45, 7) is 9.50. The molecule has 0 N–H and O–H groups in total. The average molecular weight is 342 g/mol. The van der Waals surface area contributed by atoms with Crippen molar-refractivity contribution in [2.75, 3.05) is 0 Å². The SMILES string of the molecule is Cc1nc(SCc2cc(=O)n3ccccc3n2)n(CC(C)C)c1C. The van der Waals surface area contributed by atoms with Crippen LogP contribution in [0.25, 0.3) is 5.65 Å². The molecule has 24 heavy (non-hydrogen) atoms. The number of imidazole rings is 1. The molecule has 6 heteroatoms. The standard InChI is InChI=1S/C18H22N4OS/c1-12(2)10-22-14(4)13(3)19-18(22)24-11-15-9-17(23)21-8-6-5-7-16(21)20-15/h5-9,12H,10-11H2,1-4H3. The van der Waals surface area contributed by atoms with Gasteiger partial charge in [0.1, 0.15) is 5.65 Å². The van der Waals surface area contributed by atoms with Gasteiger partial charge in [0.15, 0.2) is 5.16 Å². The molecule has 0 saturated heterocycles. The number of hydrogen-bond donors (Lipinski definition) is 0. The Bertz CT molecular complexity index is 926. The molecule has 3 heterocycles. The van der Waals surface area contributed by atoms with Crippen molar-refractivity contribution in [2.45, 2.75) is 45.1 Å². The van der Waals surface area contributed by atoms with Gasteiger partial charge in [-0.2, -0.15) is 0 Å². The average Bonchev–Trinajstić information content (AvgIpc) is 2.80. The van der Waals surface area contributed by atoms with Gasteiger partial charge in [0, 0.05) is 30.3 Å². The van der Waals surface area contributed by atoms with Crippen molar-refractivity contribution in [3.63, 3.8) is 0 Å². The third-order valence-corrected chi connectivity index (χ3v) is 4.95. The Hall–Kier alpha value is -2.08. The zero-order valence-corrected chi connectivity index (χ0v) is 15.3. The number of pyridine rings is 1. The van der Waals surface area contributed by atoms with Gasteiger partial charge >= 0.3 is 0 Å². The van der Waals surface area contributed by atoms with Crippen LogP contribution in [0.5, 0.6) is 0 Å². The molecule has 126 valence electrons. The predicted molar refractivity (Wildman–Crippen MR) is 97.6 cm³/mol. The Balaban J connectivity index is 1.86. The summed E-state index contributed by atoms with van der Waals surface area (Å²) < 4.78 is 3.82. The van der Waals surface area contributed by atoms with Gasteiger partial charge in [-0.1, -0.05) is 31.7 Å². The van der Waals surface area contributed by atoms with Crippen molar-refractivity contribution in [1.82, 2.24) is 18.9 Å². The lowest BCUT2D eigenvalue weighted by Crippen LogP contribution is -2.14. The summed E-state index contributed by atoms with van der Waals surface area (Å²) >= 11 is 1.64. The Morgan fingerprint density at radius 1 is 1.21 bits per heavy atom. The predicted octanol–water partition coefficient (Wildman–Crippen LogP) is 3.46. The lowest BCUT2D eigenvalue weighted by molar-refractivity contribution is 0.486. The second-order valence-corrected chi connectivity index (χ2v) is 7.32. The minimum Gasteiger partial charge on any atom is -0.323 e. The first kappa shape index (κ1) is 16.8. The van der Waals surface area contributed by atoms with Crippen molar-refractivity contribution >= 4 is 17.4 Å². The van der Waals surface area contributed by atoms with Gasteiger partial charge in [0.05, 0.1) is 11.4 Å². The molecule has 3 aromatic rings. The van der Waals surface area contributed by atoms with E-state index in [0.29, 0.717) is 17.3 Å². The van der Waals surface area contributed by atoms with Crippen LogP contribution in [0.15, 0.2) is 40.4 Å². The lowest BCUT2D eigenvalue weighted by Gasteiger charge is -2.12. The topological polar surface area (TPSA) is 52.2 Å². The van der Waals surface area contributed by atoms with Gasteiger partial charge in [0.25, 0.3) is 5.56 Å². The number of fused-ring (bicyclic) bond motifs is 1. The zero-order chi connectivity index (χ0) is 17.3. The van der Waals surface area contributed by atoms with Crippen LogP contribution < -0.4 is 5.56 Å². The minimum absolute atomic E-state index is 0.0471. The molecule has 0 amide bonds. The van der Waals surface area contributed by atoms with Crippen LogP contribution in [0, 0.1) is 19.8 Å². The Kier molecular flexibility index (Phi) is 4.76. The van der Waals surface area contributed by atoms with E-state index in [1.54, 1.807) is 28.4 Å². The van der Waals surface area contributed by atoms with Crippen molar-refractivity contribution in [1.29, 1.82) is 0 Å². The smallest absolute Gasteiger partial charge is 0.258 e. The van der Waals surface area contributed by atoms with E-state index in [4.69, 9.17) is 0 Å². The van der Waals surface area contributed by atoms with Gasteiger partial charge in [-0.25, -0.2) is 9.97 Å². The maximum atomic E-state index is 12.2. The summed E-state index contributed by atoms with van der Waals surface area (Å²) in [7, 11) is 0. The number of nitrogens with zero attached hydrogens (tertiary/aromatic N) is 4. The van der Waals surface area contributed by atoms with Crippen LogP contribution in [0.2, 0.25) is 0 Å². The highest BCUT2D eigenvalue weighted by Crippen LogP contribution is 2.25. The van der Waals surface area contributed by atoms with E-state index in [1.807, 2.05) is 25.1 Å². The van der Waals surface area contributed by atoms with Crippen LogP contribution in [0.1, 0.15) is 30.9 Å². The van der Waals surface area contributed by atoms with E-state index in [-0.39, 0.29) is 5.56 Å². The number of rotatable bonds is 5. The first-order valence-electron chi connectivity index (χ1n) is 8.09. The van der Waals surface area contributed by atoms with E-state index in [9.17, 15) is 4.79 Å². The number of hydrogen-bond acceptors (Lipinski definition) is 4. The van der Waals surface area contributed by atoms with Crippen LogP contribution in [-0.2, 0) is 12.3 Å². The minimum atomic E-state index is -0.0471. The summed E-state index contributed by atoms with van der Waals surface area (Å²) in [6.07, 6.45) is 1.74. The van der Waals surface area contributed by atoms with Crippen LogP contribution in [0.3, 0.4) is 0 Å². The highest BCUT2D eigenvalue weighted by molar-refractivity contribution is 7.98. The quantitative estimate of drug-likeness (QED) is 0.666. The molecule has 0 spiro atoms. The van der Waals surface area contributed by atoms with Crippen LogP contribution >= 0.6 is 11.8 Å². The van der Waals surface area contributed by atoms with Gasteiger partial charge in [0.2, 0.25) is 0 Å². The van der Waals surface area contributed by atoms with Crippen molar-refractivity contribution in [3.8, 4) is 0 Å². The monoisotopic (exact) mass is 342 g/mol. The molecule has 0 radical (unpaired) electrons. The third-order valence-electron chi connectivity index (χ3n) is 3.94. The number of aromatic nitrogens is 4. The summed E-state index contributed by atoms with van der Waals surface area (Å²) in [6, 6.07) is 7.18. The molecular weight excluding hydrogens is 320 g/mol. The summed E-state index contributed by atoms with van der Waals surface area (Å²) in [4.78, 5) is 21.4. The highest BCUT2D eigenvalue weighted by atomic mass is 32.2. The van der Waals surface area contributed by atoms with Gasteiger partial charge < -0.3 is 4.57 Å². The fraction of sp³-hybridized carbons (Fsp3) is 0.389. The highest BCUT2D eigenvalue weighted by Gasteiger charge is 2.13. The molecule has 0 atom stereocenters. The van der Waals surface area contributed by atoms with E-state index in [0.717, 1.165) is 23.1 Å². The fourth-order valence-corrected chi connectivity index (χ4v) is 3.62. The van der Waals surface area contributed by atoms with Gasteiger partial charge in [-0.15, -0.1) is 0 Å². The van der Waals surface area contributed by atoms with Gasteiger partial charge in [-0.3, -0.25) is 9.20 Å². The Morgan fingerprint density at radius 3 is 2.75 bits per heavy atom. The first-order valence-corrected chi connectivity index (χ1v) is 9.08. The second kappa shape index (κ2) is 6.81. The zero-order valence-electron chi connectivity index (χ0n) is 14.5. The maximum Gasteiger partial charge on any atom is 0.258 e. The molecule has 0 aliphatic carbocycles. The van der Waals surface area contributed by atoms with E-state index in [1.165, 1.54) is 5.69 Å². The summed E-state index contributed by atoms with van der Waals surface area (Å²) in [5, 5.41) is 0.994. The van der Waals surface area contributed by atoms with E-state index >= 15 is 0 Å². The number of thioether (sulfide) groups is 1. The Morgan fingerprint density at radius 2 is 2.00 bits per heavy atom. The molecule has 5 nitrogen and oxygen atoms in total. The van der Waals surface area contributed by atoms with E-state index < -0.39 is 0 Å². The molecule has 0 aliphatic heterocycles. The Labute approximate surface area is 145 Å². The fourth-order valence-electron chi connectivity index (χ4n) is 2.63. The summed E-state index contributed by atoms with van der Waals surface area (Å²) in [5.41, 5.74) is 3.68. The molecule has 0 aliphatic rings. The molecule has 0 saturated carbocycles. The normalized spacial score (nSPS) is 11.5. The third kappa shape index (κ3) is 3.38. The summed E-state index contributed by atoms with van der Waals surface area (Å²) in [5.74, 6) is 1.19. The molecule has 0 aromatic carbocycles. The van der Waals surface area contributed by atoms with E-state index in [2.05, 4.69) is 35.3 Å². The first-order chi connectivity index (χ1) is 11.5. The van der Waals surface area contributed by atoms with Crippen molar-refractivity contribution in [3.05, 3.63) is 57.9 Å².